The molecule has 2 aromatic carbocycles. The van der Waals surface area contributed by atoms with Gasteiger partial charge in [0.2, 0.25) is 0 Å². The van der Waals surface area contributed by atoms with Gasteiger partial charge in [-0.1, -0.05) is 25.1 Å². The Morgan fingerprint density at radius 1 is 1.00 bits per heavy atom. The second-order valence-corrected chi connectivity index (χ2v) is 6.40. The van der Waals surface area contributed by atoms with Gasteiger partial charge in [0.15, 0.2) is 13.6 Å². The van der Waals surface area contributed by atoms with E-state index >= 15 is 0 Å². The first kappa shape index (κ1) is 22.7. The molecule has 29 heavy (non-hydrogen) atoms. The van der Waals surface area contributed by atoms with Crippen molar-refractivity contribution in [2.45, 2.75) is 19.8 Å². The molecule has 0 saturated carbocycles. The molecule has 0 amide bonds. The number of benzene rings is 2. The van der Waals surface area contributed by atoms with Crippen LogP contribution in [0.1, 0.15) is 18.1 Å². The van der Waals surface area contributed by atoms with Crippen LogP contribution in [0.15, 0.2) is 43.0 Å². The van der Waals surface area contributed by atoms with Gasteiger partial charge in [0.25, 0.3) is 0 Å². The van der Waals surface area contributed by atoms with Gasteiger partial charge in [-0.3, -0.25) is 0 Å². The third-order valence-electron chi connectivity index (χ3n) is 4.40. The van der Waals surface area contributed by atoms with E-state index in [4.69, 9.17) is 29.4 Å². The molecule has 158 valence electrons. The minimum atomic E-state index is 0.122. The average molecular weight is 402 g/mol. The molecule has 0 radical (unpaired) electrons. The maximum Gasteiger partial charge on any atom is 0.188 e. The lowest BCUT2D eigenvalue weighted by molar-refractivity contribution is 0.0457. The molecule has 2 rings (SSSR count). The molecule has 0 spiro atoms. The summed E-state index contributed by atoms with van der Waals surface area (Å²) < 4.78 is 27.7. The summed E-state index contributed by atoms with van der Waals surface area (Å²) in [6.07, 6.45) is 3.22. The van der Waals surface area contributed by atoms with Gasteiger partial charge in [0.1, 0.15) is 11.5 Å². The van der Waals surface area contributed by atoms with E-state index in [0.717, 1.165) is 34.4 Å². The normalized spacial score (nSPS) is 10.7. The van der Waals surface area contributed by atoms with Crippen LogP contribution >= 0.6 is 0 Å². The van der Waals surface area contributed by atoms with Crippen LogP contribution in [0, 0.1) is 0 Å². The summed E-state index contributed by atoms with van der Waals surface area (Å²) in [4.78, 5) is 0. The van der Waals surface area contributed by atoms with Crippen molar-refractivity contribution < 1.29 is 23.7 Å². The molecule has 0 atom stereocenters. The number of rotatable bonds is 13. The number of anilines is 1. The maximum atomic E-state index is 6.06. The van der Waals surface area contributed by atoms with Crippen molar-refractivity contribution in [2.24, 2.45) is 0 Å². The predicted octanol–water partition coefficient (Wildman–Crippen LogP) is 4.21. The number of nitrogen functional groups attached to an aromatic ring is 1. The van der Waals surface area contributed by atoms with Crippen molar-refractivity contribution in [3.05, 3.63) is 54.1 Å². The molecule has 0 fully saturated rings. The highest BCUT2D eigenvalue weighted by Gasteiger charge is 2.21. The Bertz CT molecular complexity index is 791. The van der Waals surface area contributed by atoms with E-state index in [1.165, 1.54) is 0 Å². The number of nitrogens with two attached hydrogens (primary N) is 1. The average Bonchev–Trinajstić information content (AvgIpc) is 2.73. The Hall–Kier alpha value is -2.54. The second kappa shape index (κ2) is 12.1. The van der Waals surface area contributed by atoms with Crippen LogP contribution in [0.25, 0.3) is 11.1 Å². The first-order valence-electron chi connectivity index (χ1n) is 9.62. The molecule has 6 nitrogen and oxygen atoms in total. The fourth-order valence-corrected chi connectivity index (χ4v) is 3.23. The van der Waals surface area contributed by atoms with Gasteiger partial charge in [0.05, 0.1) is 13.2 Å². The van der Waals surface area contributed by atoms with Crippen LogP contribution in [0.5, 0.6) is 11.5 Å². The van der Waals surface area contributed by atoms with E-state index in [2.05, 4.69) is 13.5 Å². The highest BCUT2D eigenvalue weighted by Crippen LogP contribution is 2.42. The SMILES string of the molecule is C=CCOCCc1c(CC)c(OCOC)cc(OCOC)c1-c1cccc(N)c1. The summed E-state index contributed by atoms with van der Waals surface area (Å²) in [6, 6.07) is 9.66. The quantitative estimate of drug-likeness (QED) is 0.235. The van der Waals surface area contributed by atoms with E-state index in [-0.39, 0.29) is 13.6 Å². The van der Waals surface area contributed by atoms with Crippen molar-refractivity contribution in [1.29, 1.82) is 0 Å². The topological polar surface area (TPSA) is 72.2 Å². The van der Waals surface area contributed by atoms with Gasteiger partial charge in [-0.25, -0.2) is 0 Å². The first-order valence-corrected chi connectivity index (χ1v) is 9.62. The molecule has 0 aliphatic heterocycles. The van der Waals surface area contributed by atoms with Gasteiger partial charge < -0.3 is 29.4 Å². The third kappa shape index (κ3) is 6.22. The zero-order valence-corrected chi connectivity index (χ0v) is 17.5. The Labute approximate surface area is 173 Å². The van der Waals surface area contributed by atoms with Gasteiger partial charge in [0, 0.05) is 31.5 Å². The Morgan fingerprint density at radius 3 is 2.34 bits per heavy atom. The van der Waals surface area contributed by atoms with Crippen molar-refractivity contribution in [1.82, 2.24) is 0 Å². The number of hydrogen-bond donors (Lipinski definition) is 1. The zero-order valence-electron chi connectivity index (χ0n) is 17.5. The standard InChI is InChI=1S/C23H31NO5/c1-5-11-27-12-10-20-19(6-2)21(28-15-25-3)14-22(29-16-26-4)23(20)17-8-7-9-18(24)13-17/h5,7-9,13-14H,1,6,10-12,15-16,24H2,2-4H3. The fourth-order valence-electron chi connectivity index (χ4n) is 3.23. The zero-order chi connectivity index (χ0) is 21.1. The Morgan fingerprint density at radius 2 is 1.72 bits per heavy atom. The lowest BCUT2D eigenvalue weighted by Gasteiger charge is -2.22. The molecular formula is C23H31NO5. The lowest BCUT2D eigenvalue weighted by atomic mass is 9.90. The van der Waals surface area contributed by atoms with Crippen LogP contribution in [-0.4, -0.2) is 41.0 Å². The van der Waals surface area contributed by atoms with Gasteiger partial charge in [-0.15, -0.1) is 6.58 Å². The smallest absolute Gasteiger partial charge is 0.188 e. The molecular weight excluding hydrogens is 370 g/mol. The summed E-state index contributed by atoms with van der Waals surface area (Å²) in [5, 5.41) is 0. The molecule has 0 aromatic heterocycles. The lowest BCUT2D eigenvalue weighted by Crippen LogP contribution is -2.10. The number of ether oxygens (including phenoxy) is 5. The first-order chi connectivity index (χ1) is 14.2. The minimum absolute atomic E-state index is 0.122. The molecule has 6 heteroatoms. The summed E-state index contributed by atoms with van der Waals surface area (Å²) >= 11 is 0. The molecule has 2 N–H and O–H groups in total. The van der Waals surface area contributed by atoms with Crippen molar-refractivity contribution in [2.75, 3.05) is 46.8 Å². The molecule has 0 bridgehead atoms. The highest BCUT2D eigenvalue weighted by atomic mass is 16.7. The van der Waals surface area contributed by atoms with Crippen LogP contribution in [0.2, 0.25) is 0 Å². The van der Waals surface area contributed by atoms with E-state index in [1.54, 1.807) is 20.3 Å². The van der Waals surface area contributed by atoms with E-state index in [1.807, 2.05) is 30.3 Å². The molecule has 2 aromatic rings. The maximum absolute atomic E-state index is 6.06. The molecule has 0 unspecified atom stereocenters. The van der Waals surface area contributed by atoms with Crippen molar-refractivity contribution in [3.8, 4) is 22.6 Å². The van der Waals surface area contributed by atoms with E-state index in [0.29, 0.717) is 31.1 Å². The third-order valence-corrected chi connectivity index (χ3v) is 4.40. The monoisotopic (exact) mass is 401 g/mol. The highest BCUT2D eigenvalue weighted by molar-refractivity contribution is 5.79. The molecule has 0 heterocycles. The van der Waals surface area contributed by atoms with Crippen molar-refractivity contribution in [3.63, 3.8) is 0 Å². The fraction of sp³-hybridized carbons (Fsp3) is 0.391. The van der Waals surface area contributed by atoms with Gasteiger partial charge in [-0.2, -0.15) is 0 Å². The minimum Gasteiger partial charge on any atom is -0.467 e. The van der Waals surface area contributed by atoms with Crippen LogP contribution in [0.4, 0.5) is 5.69 Å². The summed E-state index contributed by atoms with van der Waals surface area (Å²) in [7, 11) is 3.19. The van der Waals surface area contributed by atoms with E-state index in [9.17, 15) is 0 Å². The van der Waals surface area contributed by atoms with Crippen LogP contribution in [-0.2, 0) is 27.1 Å². The largest absolute Gasteiger partial charge is 0.467 e. The van der Waals surface area contributed by atoms with Crippen LogP contribution in [0.3, 0.4) is 0 Å². The molecule has 0 aliphatic carbocycles. The van der Waals surface area contributed by atoms with Gasteiger partial charge in [-0.05, 0) is 41.7 Å². The second-order valence-electron chi connectivity index (χ2n) is 6.40. The summed E-state index contributed by atoms with van der Waals surface area (Å²) in [6.45, 7) is 7.13. The van der Waals surface area contributed by atoms with Crippen LogP contribution < -0.4 is 15.2 Å². The van der Waals surface area contributed by atoms with Crippen molar-refractivity contribution >= 4 is 5.69 Å². The van der Waals surface area contributed by atoms with Gasteiger partial charge >= 0.3 is 0 Å². The number of methoxy groups -OCH3 is 2. The Kier molecular flexibility index (Phi) is 9.50. The summed E-state index contributed by atoms with van der Waals surface area (Å²) in [5.41, 5.74) is 10.9. The summed E-state index contributed by atoms with van der Waals surface area (Å²) in [5.74, 6) is 1.39. The molecule has 0 saturated heterocycles. The van der Waals surface area contributed by atoms with E-state index < -0.39 is 0 Å². The predicted molar refractivity (Wildman–Crippen MR) is 115 cm³/mol. The number of hydrogen-bond acceptors (Lipinski definition) is 6. The molecule has 0 aliphatic rings. The Balaban J connectivity index is 2.63.